The lowest BCUT2D eigenvalue weighted by Crippen LogP contribution is -2.20. The summed E-state index contributed by atoms with van der Waals surface area (Å²) in [7, 11) is 0. The number of hydrogen-bond acceptors (Lipinski definition) is 3. The monoisotopic (exact) mass is 307 g/mol. The van der Waals surface area contributed by atoms with Crippen LogP contribution in [0.1, 0.15) is 23.1 Å². The summed E-state index contributed by atoms with van der Waals surface area (Å²) in [5.74, 6) is 0.510. The van der Waals surface area contributed by atoms with E-state index in [1.807, 2.05) is 35.8 Å². The number of amides is 1. The Balaban J connectivity index is 1.85. The van der Waals surface area contributed by atoms with Gasteiger partial charge in [-0.15, -0.1) is 0 Å². The lowest BCUT2D eigenvalue weighted by molar-refractivity contribution is -0.116. The highest BCUT2D eigenvalue weighted by molar-refractivity contribution is 6.03. The van der Waals surface area contributed by atoms with Gasteiger partial charge in [0.1, 0.15) is 12.4 Å². The zero-order valence-electron chi connectivity index (χ0n) is 13.0. The topological polar surface area (TPSA) is 64.0 Å². The second kappa shape index (κ2) is 6.04. The molecular formula is C18H17N3O2. The summed E-state index contributed by atoms with van der Waals surface area (Å²) in [6, 6.07) is 14.7. The summed E-state index contributed by atoms with van der Waals surface area (Å²) < 4.78 is 1.86. The molecule has 1 amide bonds. The Morgan fingerprint density at radius 3 is 2.57 bits per heavy atom. The van der Waals surface area contributed by atoms with Crippen LogP contribution in [-0.4, -0.2) is 21.2 Å². The second-order valence-electron chi connectivity index (χ2n) is 5.38. The van der Waals surface area contributed by atoms with Gasteiger partial charge in [0.15, 0.2) is 5.78 Å². The fraction of sp³-hybridized carbons (Fsp3) is 0.167. The molecule has 1 heterocycles. The summed E-state index contributed by atoms with van der Waals surface area (Å²) in [5.41, 5.74) is 2.82. The zero-order chi connectivity index (χ0) is 16.4. The predicted molar refractivity (Wildman–Crippen MR) is 89.5 cm³/mol. The Morgan fingerprint density at radius 2 is 1.78 bits per heavy atom. The van der Waals surface area contributed by atoms with Crippen molar-refractivity contribution in [2.24, 2.45) is 0 Å². The van der Waals surface area contributed by atoms with Crippen molar-refractivity contribution < 1.29 is 9.59 Å². The average Bonchev–Trinajstić information content (AvgIpc) is 2.83. The number of ketones is 1. The summed E-state index contributed by atoms with van der Waals surface area (Å²) in [5, 5.41) is 2.81. The van der Waals surface area contributed by atoms with Crippen molar-refractivity contribution in [1.82, 2.24) is 9.55 Å². The number of carbonyl (C=O) groups excluding carboxylic acids is 2. The van der Waals surface area contributed by atoms with Crippen molar-refractivity contribution in [3.63, 3.8) is 0 Å². The maximum absolute atomic E-state index is 12.4. The van der Waals surface area contributed by atoms with E-state index >= 15 is 0 Å². The third kappa shape index (κ3) is 2.99. The van der Waals surface area contributed by atoms with Crippen LogP contribution in [0.3, 0.4) is 0 Å². The molecule has 0 aliphatic rings. The fourth-order valence-electron chi connectivity index (χ4n) is 2.63. The van der Waals surface area contributed by atoms with Gasteiger partial charge in [0.25, 0.3) is 0 Å². The molecule has 0 unspecified atom stereocenters. The molecule has 0 aliphatic carbocycles. The number of aromatic nitrogens is 2. The molecule has 23 heavy (non-hydrogen) atoms. The molecule has 0 atom stereocenters. The predicted octanol–water partition coefficient (Wildman–Crippen LogP) is 3.19. The smallest absolute Gasteiger partial charge is 0.244 e. The normalized spacial score (nSPS) is 10.7. The highest BCUT2D eigenvalue weighted by atomic mass is 16.2. The van der Waals surface area contributed by atoms with Crippen molar-refractivity contribution in [3.8, 4) is 0 Å². The molecule has 3 aromatic rings. The third-order valence-corrected chi connectivity index (χ3v) is 3.73. The number of hydrogen-bond donors (Lipinski definition) is 1. The minimum atomic E-state index is -0.190. The van der Waals surface area contributed by atoms with Crippen LogP contribution >= 0.6 is 0 Å². The molecule has 0 radical (unpaired) electrons. The first-order valence-corrected chi connectivity index (χ1v) is 7.38. The van der Waals surface area contributed by atoms with E-state index < -0.39 is 0 Å². The van der Waals surface area contributed by atoms with Gasteiger partial charge in [-0.25, -0.2) is 4.98 Å². The molecule has 0 saturated heterocycles. The number of carbonyl (C=O) groups is 2. The number of Topliss-reactive ketones (excluding diaryl/α,β-unsaturated/α-hetero) is 1. The first kappa shape index (κ1) is 15.0. The Kier molecular flexibility index (Phi) is 3.93. The van der Waals surface area contributed by atoms with E-state index in [0.29, 0.717) is 11.3 Å². The zero-order valence-corrected chi connectivity index (χ0v) is 13.0. The number of benzene rings is 2. The molecule has 116 valence electrons. The molecule has 2 aromatic carbocycles. The minimum absolute atomic E-state index is 0.0786. The van der Waals surface area contributed by atoms with Gasteiger partial charge in [-0.3, -0.25) is 9.59 Å². The van der Waals surface area contributed by atoms with Gasteiger partial charge in [0.05, 0.1) is 16.7 Å². The maximum Gasteiger partial charge on any atom is 0.244 e. The lowest BCUT2D eigenvalue weighted by atomic mass is 10.1. The van der Waals surface area contributed by atoms with Gasteiger partial charge in [-0.2, -0.15) is 0 Å². The number of fused-ring (bicyclic) bond motifs is 1. The number of nitrogens with one attached hydrogen (secondary N) is 1. The van der Waals surface area contributed by atoms with E-state index in [-0.39, 0.29) is 18.2 Å². The van der Waals surface area contributed by atoms with Gasteiger partial charge in [0.2, 0.25) is 5.91 Å². The van der Waals surface area contributed by atoms with Crippen molar-refractivity contribution in [1.29, 1.82) is 0 Å². The number of para-hydroxylation sites is 3. The third-order valence-electron chi connectivity index (χ3n) is 3.73. The molecule has 1 aromatic heterocycles. The van der Waals surface area contributed by atoms with E-state index in [9.17, 15) is 9.59 Å². The highest BCUT2D eigenvalue weighted by Crippen LogP contribution is 2.18. The maximum atomic E-state index is 12.4. The first-order chi connectivity index (χ1) is 11.1. The van der Waals surface area contributed by atoms with Crippen LogP contribution in [-0.2, 0) is 11.3 Å². The van der Waals surface area contributed by atoms with Crippen LogP contribution in [0, 0.1) is 6.92 Å². The summed E-state index contributed by atoms with van der Waals surface area (Å²) in [6.45, 7) is 3.51. The van der Waals surface area contributed by atoms with Crippen LogP contribution in [0.5, 0.6) is 0 Å². The van der Waals surface area contributed by atoms with E-state index in [1.54, 1.807) is 24.3 Å². The summed E-state index contributed by atoms with van der Waals surface area (Å²) in [4.78, 5) is 28.5. The Bertz CT molecular complexity index is 896. The molecule has 0 saturated carbocycles. The fourth-order valence-corrected chi connectivity index (χ4v) is 2.63. The quantitative estimate of drug-likeness (QED) is 0.753. The van der Waals surface area contributed by atoms with Crippen LogP contribution in [0.2, 0.25) is 0 Å². The van der Waals surface area contributed by atoms with Gasteiger partial charge in [0, 0.05) is 5.56 Å². The van der Waals surface area contributed by atoms with E-state index in [0.717, 1.165) is 16.9 Å². The van der Waals surface area contributed by atoms with Crippen molar-refractivity contribution in [3.05, 3.63) is 59.9 Å². The molecule has 0 bridgehead atoms. The molecular weight excluding hydrogens is 290 g/mol. The molecule has 0 spiro atoms. The molecule has 5 heteroatoms. The van der Waals surface area contributed by atoms with Gasteiger partial charge in [-0.05, 0) is 38.1 Å². The summed E-state index contributed by atoms with van der Waals surface area (Å²) in [6.07, 6.45) is 0. The first-order valence-electron chi connectivity index (χ1n) is 7.38. The van der Waals surface area contributed by atoms with E-state index in [4.69, 9.17) is 0 Å². The van der Waals surface area contributed by atoms with Gasteiger partial charge < -0.3 is 9.88 Å². The Hall–Kier alpha value is -2.95. The largest absolute Gasteiger partial charge is 0.324 e. The minimum Gasteiger partial charge on any atom is -0.324 e. The van der Waals surface area contributed by atoms with Gasteiger partial charge in [-0.1, -0.05) is 24.3 Å². The Morgan fingerprint density at radius 1 is 1.09 bits per heavy atom. The van der Waals surface area contributed by atoms with Crippen LogP contribution in [0.15, 0.2) is 48.5 Å². The molecule has 5 nitrogen and oxygen atoms in total. The summed E-state index contributed by atoms with van der Waals surface area (Å²) >= 11 is 0. The van der Waals surface area contributed by atoms with Crippen molar-refractivity contribution >= 4 is 28.4 Å². The molecule has 3 rings (SSSR count). The molecule has 0 aliphatic heterocycles. The highest BCUT2D eigenvalue weighted by Gasteiger charge is 2.13. The van der Waals surface area contributed by atoms with Crippen molar-refractivity contribution in [2.45, 2.75) is 20.4 Å². The van der Waals surface area contributed by atoms with Crippen molar-refractivity contribution in [2.75, 3.05) is 5.32 Å². The number of rotatable bonds is 4. The lowest BCUT2D eigenvalue weighted by Gasteiger charge is -2.10. The van der Waals surface area contributed by atoms with E-state index in [2.05, 4.69) is 10.3 Å². The number of aryl methyl sites for hydroxylation is 1. The standard InChI is InChI=1S/C18H17N3O2/c1-12(22)14-7-3-4-8-15(14)20-18(23)11-21-13(2)19-16-9-5-6-10-17(16)21/h3-10H,11H2,1-2H3,(H,20,23). The second-order valence-corrected chi connectivity index (χ2v) is 5.38. The SMILES string of the molecule is CC(=O)c1ccccc1NC(=O)Cn1c(C)nc2ccccc21. The molecule has 1 N–H and O–H groups in total. The number of nitrogens with zero attached hydrogens (tertiary/aromatic N) is 2. The van der Waals surface area contributed by atoms with Crippen LogP contribution < -0.4 is 5.32 Å². The molecule has 0 fully saturated rings. The number of imidazole rings is 1. The van der Waals surface area contributed by atoms with Crippen LogP contribution in [0.25, 0.3) is 11.0 Å². The average molecular weight is 307 g/mol. The van der Waals surface area contributed by atoms with E-state index in [1.165, 1.54) is 6.92 Å². The van der Waals surface area contributed by atoms with Gasteiger partial charge >= 0.3 is 0 Å². The number of anilines is 1. The Labute approximate surface area is 134 Å². The van der Waals surface area contributed by atoms with Crippen LogP contribution in [0.4, 0.5) is 5.69 Å².